The van der Waals surface area contributed by atoms with Crippen molar-refractivity contribution in [2.45, 2.75) is 55.5 Å². The van der Waals surface area contributed by atoms with E-state index in [2.05, 4.69) is 37.3 Å². The van der Waals surface area contributed by atoms with E-state index in [1.54, 1.807) is 7.11 Å². The molecule has 6 heteroatoms. The average molecular weight is 428 g/mol. The number of nitrogens with zero attached hydrogens (tertiary/aromatic N) is 1. The van der Waals surface area contributed by atoms with Crippen molar-refractivity contribution in [3.63, 3.8) is 0 Å². The smallest absolute Gasteiger partial charge is 0.198 e. The van der Waals surface area contributed by atoms with Crippen LogP contribution in [0.5, 0.6) is 0 Å². The van der Waals surface area contributed by atoms with E-state index >= 15 is 0 Å². The van der Waals surface area contributed by atoms with Crippen LogP contribution in [0, 0.1) is 11.3 Å². The van der Waals surface area contributed by atoms with E-state index in [4.69, 9.17) is 9.47 Å². The molecule has 0 saturated carbocycles. The SMILES string of the molecule is CCc1ccc(Cc2cc(C3(OC)CC(O)CC(CO)O3)c(SC)cc2C#N)cc1. The van der Waals surface area contributed by atoms with Crippen molar-refractivity contribution >= 4 is 11.8 Å². The summed E-state index contributed by atoms with van der Waals surface area (Å²) >= 11 is 1.51. The van der Waals surface area contributed by atoms with E-state index < -0.39 is 18.0 Å². The monoisotopic (exact) mass is 427 g/mol. The van der Waals surface area contributed by atoms with Gasteiger partial charge in [0.1, 0.15) is 0 Å². The third-order valence-corrected chi connectivity index (χ3v) is 6.49. The van der Waals surface area contributed by atoms with Crippen LogP contribution in [0.25, 0.3) is 0 Å². The normalized spacial score (nSPS) is 23.9. The molecule has 2 aromatic rings. The summed E-state index contributed by atoms with van der Waals surface area (Å²) in [6, 6.07) is 14.6. The first kappa shape index (κ1) is 22.8. The van der Waals surface area contributed by atoms with Crippen LogP contribution in [0.15, 0.2) is 41.3 Å². The number of thioether (sulfide) groups is 1. The maximum atomic E-state index is 10.4. The number of benzene rings is 2. The lowest BCUT2D eigenvalue weighted by Crippen LogP contribution is -2.47. The summed E-state index contributed by atoms with van der Waals surface area (Å²) in [6.45, 7) is 1.93. The molecule has 5 nitrogen and oxygen atoms in total. The maximum absolute atomic E-state index is 10.4. The standard InChI is InChI=1S/C24H29NO4S/c1-4-16-5-7-17(8-6-16)9-18-10-22(23(30-3)11-19(18)14-25)24(28-2)13-20(27)12-21(15-26)29-24/h5-8,10-11,20-21,26-27H,4,9,12-13,15H2,1-3H3. The first-order valence-electron chi connectivity index (χ1n) is 10.2. The van der Waals surface area contributed by atoms with Crippen LogP contribution in [-0.2, 0) is 28.1 Å². The van der Waals surface area contributed by atoms with Crippen LogP contribution < -0.4 is 0 Å². The molecule has 3 rings (SSSR count). The van der Waals surface area contributed by atoms with Gasteiger partial charge in [-0.25, -0.2) is 0 Å². The van der Waals surface area contributed by atoms with E-state index in [-0.39, 0.29) is 13.0 Å². The van der Waals surface area contributed by atoms with Gasteiger partial charge >= 0.3 is 0 Å². The van der Waals surface area contributed by atoms with Gasteiger partial charge in [-0.2, -0.15) is 5.26 Å². The Hall–Kier alpha value is -1.88. The number of nitriles is 1. The van der Waals surface area contributed by atoms with Gasteiger partial charge in [0.15, 0.2) is 5.79 Å². The highest BCUT2D eigenvalue weighted by molar-refractivity contribution is 7.98. The van der Waals surface area contributed by atoms with E-state index in [0.29, 0.717) is 18.4 Å². The largest absolute Gasteiger partial charge is 0.394 e. The second kappa shape index (κ2) is 9.95. The zero-order chi connectivity index (χ0) is 21.7. The van der Waals surface area contributed by atoms with Crippen molar-refractivity contribution in [3.05, 3.63) is 64.2 Å². The topological polar surface area (TPSA) is 82.7 Å². The van der Waals surface area contributed by atoms with Gasteiger partial charge in [-0.15, -0.1) is 11.8 Å². The fraction of sp³-hybridized carbons (Fsp3) is 0.458. The molecule has 0 aliphatic carbocycles. The summed E-state index contributed by atoms with van der Waals surface area (Å²) in [4.78, 5) is 0.865. The quantitative estimate of drug-likeness (QED) is 0.655. The van der Waals surface area contributed by atoms with Crippen LogP contribution in [-0.4, -0.2) is 42.4 Å². The maximum Gasteiger partial charge on any atom is 0.198 e. The molecule has 3 unspecified atom stereocenters. The van der Waals surface area contributed by atoms with Crippen LogP contribution in [0.2, 0.25) is 0 Å². The van der Waals surface area contributed by atoms with Crippen molar-refractivity contribution in [3.8, 4) is 6.07 Å². The molecular weight excluding hydrogens is 398 g/mol. The third kappa shape index (κ3) is 4.72. The van der Waals surface area contributed by atoms with E-state index in [0.717, 1.165) is 28.0 Å². The molecule has 1 heterocycles. The molecule has 0 bridgehead atoms. The average Bonchev–Trinajstić information content (AvgIpc) is 2.78. The number of rotatable bonds is 7. The Morgan fingerprint density at radius 1 is 1.27 bits per heavy atom. The summed E-state index contributed by atoms with van der Waals surface area (Å²) < 4.78 is 12.0. The number of hydrogen-bond donors (Lipinski definition) is 2. The van der Waals surface area contributed by atoms with Crippen molar-refractivity contribution in [1.82, 2.24) is 0 Å². The van der Waals surface area contributed by atoms with E-state index in [9.17, 15) is 15.5 Å². The molecule has 1 fully saturated rings. The summed E-state index contributed by atoms with van der Waals surface area (Å²) in [7, 11) is 1.55. The first-order chi connectivity index (χ1) is 14.5. The third-order valence-electron chi connectivity index (χ3n) is 5.71. The molecule has 0 amide bonds. The molecule has 160 valence electrons. The van der Waals surface area contributed by atoms with Gasteiger partial charge in [0.05, 0.1) is 30.4 Å². The minimum atomic E-state index is -1.17. The lowest BCUT2D eigenvalue weighted by atomic mass is 9.89. The number of methoxy groups -OCH3 is 1. The highest BCUT2D eigenvalue weighted by Gasteiger charge is 2.44. The lowest BCUT2D eigenvalue weighted by molar-refractivity contribution is -0.300. The van der Waals surface area contributed by atoms with Gasteiger partial charge in [-0.3, -0.25) is 0 Å². The highest BCUT2D eigenvalue weighted by atomic mass is 32.2. The van der Waals surface area contributed by atoms with Crippen LogP contribution in [0.1, 0.15) is 47.6 Å². The summed E-state index contributed by atoms with van der Waals surface area (Å²) in [5.74, 6) is -1.17. The number of hydrogen-bond acceptors (Lipinski definition) is 6. The molecule has 3 atom stereocenters. The van der Waals surface area contributed by atoms with Gasteiger partial charge in [0, 0.05) is 30.4 Å². The van der Waals surface area contributed by atoms with E-state index in [1.165, 1.54) is 17.3 Å². The Morgan fingerprint density at radius 2 is 1.97 bits per heavy atom. The molecule has 0 radical (unpaired) electrons. The van der Waals surface area contributed by atoms with Gasteiger partial charge in [0.25, 0.3) is 0 Å². The van der Waals surface area contributed by atoms with Crippen LogP contribution in [0.3, 0.4) is 0 Å². The Balaban J connectivity index is 2.06. The zero-order valence-corrected chi connectivity index (χ0v) is 18.5. The Bertz CT molecular complexity index is 909. The first-order valence-corrected chi connectivity index (χ1v) is 11.4. The summed E-state index contributed by atoms with van der Waals surface area (Å²) in [5.41, 5.74) is 4.68. The molecule has 2 aromatic carbocycles. The second-order valence-corrected chi connectivity index (χ2v) is 8.49. The molecule has 1 aliphatic heterocycles. The van der Waals surface area contributed by atoms with Crippen LogP contribution >= 0.6 is 11.8 Å². The van der Waals surface area contributed by atoms with Gasteiger partial charge in [-0.05, 0) is 47.9 Å². The fourth-order valence-corrected chi connectivity index (χ4v) is 4.71. The molecule has 0 aromatic heterocycles. The molecule has 30 heavy (non-hydrogen) atoms. The lowest BCUT2D eigenvalue weighted by Gasteiger charge is -2.42. The number of aliphatic hydroxyl groups excluding tert-OH is 2. The van der Waals surface area contributed by atoms with E-state index in [1.807, 2.05) is 18.4 Å². The minimum Gasteiger partial charge on any atom is -0.394 e. The van der Waals surface area contributed by atoms with Gasteiger partial charge in [-0.1, -0.05) is 31.2 Å². The molecular formula is C24H29NO4S. The van der Waals surface area contributed by atoms with Crippen molar-refractivity contribution in [2.75, 3.05) is 20.0 Å². The fourth-order valence-electron chi connectivity index (χ4n) is 4.04. The molecule has 0 spiro atoms. The van der Waals surface area contributed by atoms with Crippen molar-refractivity contribution < 1.29 is 19.7 Å². The minimum absolute atomic E-state index is 0.191. The number of aryl methyl sites for hydroxylation is 1. The summed E-state index contributed by atoms with van der Waals surface area (Å²) in [5, 5.41) is 29.8. The van der Waals surface area contributed by atoms with Crippen molar-refractivity contribution in [1.29, 1.82) is 5.26 Å². The highest BCUT2D eigenvalue weighted by Crippen LogP contribution is 2.43. The number of aliphatic hydroxyl groups is 2. The number of ether oxygens (including phenoxy) is 2. The van der Waals surface area contributed by atoms with Crippen LogP contribution in [0.4, 0.5) is 0 Å². The Kier molecular flexibility index (Phi) is 7.56. The predicted octanol–water partition coefficient (Wildman–Crippen LogP) is 3.76. The second-order valence-electron chi connectivity index (χ2n) is 7.64. The Morgan fingerprint density at radius 3 is 2.53 bits per heavy atom. The van der Waals surface area contributed by atoms with Crippen molar-refractivity contribution in [2.24, 2.45) is 0 Å². The Labute approximate surface area is 182 Å². The molecule has 1 aliphatic rings. The molecule has 1 saturated heterocycles. The van der Waals surface area contributed by atoms with Gasteiger partial charge in [0.2, 0.25) is 0 Å². The molecule has 2 N–H and O–H groups in total. The zero-order valence-electron chi connectivity index (χ0n) is 17.7. The van der Waals surface area contributed by atoms with Gasteiger partial charge < -0.3 is 19.7 Å². The predicted molar refractivity (Wildman–Crippen MR) is 117 cm³/mol. The summed E-state index contributed by atoms with van der Waals surface area (Å²) in [6.07, 6.45) is 3.01.